The molecular weight excluding hydrogens is 286 g/mol. The van der Waals surface area contributed by atoms with Crippen LogP contribution in [0.3, 0.4) is 0 Å². The second kappa shape index (κ2) is 7.68. The molecule has 0 aliphatic carbocycles. The van der Waals surface area contributed by atoms with Crippen molar-refractivity contribution in [2.45, 2.75) is 32.8 Å². The van der Waals surface area contributed by atoms with Crippen molar-refractivity contribution in [2.24, 2.45) is 0 Å². The van der Waals surface area contributed by atoms with E-state index in [9.17, 15) is 9.59 Å². The van der Waals surface area contributed by atoms with E-state index in [4.69, 9.17) is 14.2 Å². The lowest BCUT2D eigenvalue weighted by Crippen LogP contribution is -2.40. The summed E-state index contributed by atoms with van der Waals surface area (Å²) in [5.41, 5.74) is -0.128. The van der Waals surface area contributed by atoms with Gasteiger partial charge in [-0.25, -0.2) is 4.79 Å². The Morgan fingerprint density at radius 1 is 1.14 bits per heavy atom. The monoisotopic (exact) mass is 309 g/mol. The molecule has 6 heteroatoms. The molecule has 22 heavy (non-hydrogen) atoms. The number of benzene rings is 1. The zero-order valence-electron chi connectivity index (χ0n) is 13.7. The third-order valence-corrected chi connectivity index (χ3v) is 3.33. The van der Waals surface area contributed by atoms with E-state index >= 15 is 0 Å². The van der Waals surface area contributed by atoms with Gasteiger partial charge in [0.15, 0.2) is 22.9 Å². The van der Waals surface area contributed by atoms with Gasteiger partial charge in [0.05, 0.1) is 14.2 Å². The molecule has 1 N–H and O–H groups in total. The van der Waals surface area contributed by atoms with E-state index in [0.29, 0.717) is 24.5 Å². The van der Waals surface area contributed by atoms with Crippen LogP contribution in [0.15, 0.2) is 18.2 Å². The van der Waals surface area contributed by atoms with Gasteiger partial charge in [0.25, 0.3) is 0 Å². The van der Waals surface area contributed by atoms with Crippen LogP contribution >= 0.6 is 0 Å². The van der Waals surface area contributed by atoms with Gasteiger partial charge in [-0.2, -0.15) is 0 Å². The van der Waals surface area contributed by atoms with Gasteiger partial charge in [-0.1, -0.05) is 6.07 Å². The summed E-state index contributed by atoms with van der Waals surface area (Å²) in [5.74, 6) is 1.09. The third-order valence-electron chi connectivity index (χ3n) is 3.33. The number of carbonyl (C=O) groups excluding carboxylic acids is 2. The smallest absolute Gasteiger partial charge is 0.408 e. The van der Waals surface area contributed by atoms with E-state index in [0.717, 1.165) is 5.56 Å². The summed E-state index contributed by atoms with van der Waals surface area (Å²) in [6, 6.07) is 5.56. The van der Waals surface area contributed by atoms with E-state index in [1.54, 1.807) is 28.1 Å². The molecule has 0 saturated heterocycles. The fourth-order valence-electron chi connectivity index (χ4n) is 1.68. The van der Waals surface area contributed by atoms with Gasteiger partial charge in [-0.15, -0.1) is 0 Å². The topological polar surface area (TPSA) is 73.9 Å². The Morgan fingerprint density at radius 2 is 1.77 bits per heavy atom. The summed E-state index contributed by atoms with van der Waals surface area (Å²) in [5, 5.41) is 2.62. The van der Waals surface area contributed by atoms with Crippen LogP contribution in [0.1, 0.15) is 26.3 Å². The Hall–Kier alpha value is -2.24. The molecule has 0 bridgehead atoms. The largest absolute Gasteiger partial charge is 0.493 e. The first-order valence-corrected chi connectivity index (χ1v) is 6.99. The molecule has 0 unspecified atom stereocenters. The van der Waals surface area contributed by atoms with Crippen molar-refractivity contribution in [3.05, 3.63) is 23.8 Å². The molecule has 0 aliphatic rings. The van der Waals surface area contributed by atoms with Gasteiger partial charge in [0.1, 0.15) is 0 Å². The number of hydrogen-bond acceptors (Lipinski definition) is 5. The van der Waals surface area contributed by atoms with Gasteiger partial charge in [0, 0.05) is 6.54 Å². The Morgan fingerprint density at radius 3 is 2.32 bits per heavy atom. The Kier molecular flexibility index (Phi) is 6.22. The molecule has 1 aromatic rings. The quantitative estimate of drug-likeness (QED) is 0.837. The molecule has 0 aromatic heterocycles. The molecule has 0 aliphatic heterocycles. The molecule has 0 spiro atoms. The highest BCUT2D eigenvalue weighted by Gasteiger charge is 2.28. The lowest BCUT2D eigenvalue weighted by atomic mass is 10.1. The molecule has 0 saturated carbocycles. The predicted molar refractivity (Wildman–Crippen MR) is 82.5 cm³/mol. The summed E-state index contributed by atoms with van der Waals surface area (Å²) in [6.07, 6.45) is -0.00339. The van der Waals surface area contributed by atoms with Crippen LogP contribution in [0.4, 0.5) is 4.79 Å². The average molecular weight is 309 g/mol. The summed E-state index contributed by atoms with van der Waals surface area (Å²) in [4.78, 5) is 22.9. The number of ketones is 1. The van der Waals surface area contributed by atoms with Crippen molar-refractivity contribution in [3.63, 3.8) is 0 Å². The fourth-order valence-corrected chi connectivity index (χ4v) is 1.68. The number of Topliss-reactive ketones (excluding diaryl/α,β-unsaturated/α-hetero) is 1. The van der Waals surface area contributed by atoms with E-state index in [2.05, 4.69) is 5.32 Å². The van der Waals surface area contributed by atoms with Gasteiger partial charge in [0.2, 0.25) is 0 Å². The van der Waals surface area contributed by atoms with Crippen molar-refractivity contribution in [1.82, 2.24) is 5.32 Å². The first-order chi connectivity index (χ1) is 10.3. The highest BCUT2D eigenvalue weighted by atomic mass is 16.6. The van der Waals surface area contributed by atoms with Gasteiger partial charge >= 0.3 is 6.09 Å². The zero-order chi connectivity index (χ0) is 16.8. The van der Waals surface area contributed by atoms with Crippen molar-refractivity contribution in [1.29, 1.82) is 0 Å². The maximum absolute atomic E-state index is 11.6. The molecule has 6 nitrogen and oxygen atoms in total. The number of carbonyl (C=O) groups is 2. The zero-order valence-corrected chi connectivity index (χ0v) is 13.7. The minimum atomic E-state index is -1.12. The van der Waals surface area contributed by atoms with E-state index < -0.39 is 11.7 Å². The molecule has 0 fully saturated rings. The SMILES string of the molecule is COc1ccc(CCNC(=O)OC(C)(C)C(C)=O)cc1OC. The maximum Gasteiger partial charge on any atom is 0.408 e. The van der Waals surface area contributed by atoms with Crippen LogP contribution in [0.25, 0.3) is 0 Å². The Balaban J connectivity index is 2.51. The number of alkyl carbamates (subject to hydrolysis) is 1. The number of amides is 1. The lowest BCUT2D eigenvalue weighted by Gasteiger charge is -2.21. The van der Waals surface area contributed by atoms with Crippen LogP contribution in [0.2, 0.25) is 0 Å². The van der Waals surface area contributed by atoms with Crippen LogP contribution in [-0.2, 0) is 16.0 Å². The number of ether oxygens (including phenoxy) is 3. The Bertz CT molecular complexity index is 539. The van der Waals surface area contributed by atoms with Gasteiger partial charge in [-0.05, 0) is 44.9 Å². The summed E-state index contributed by atoms with van der Waals surface area (Å²) >= 11 is 0. The van der Waals surface area contributed by atoms with E-state index in [1.807, 2.05) is 18.2 Å². The number of rotatable bonds is 7. The van der Waals surface area contributed by atoms with Crippen molar-refractivity contribution in [2.75, 3.05) is 20.8 Å². The predicted octanol–water partition coefficient (Wildman–Crippen LogP) is 2.34. The van der Waals surface area contributed by atoms with Crippen molar-refractivity contribution in [3.8, 4) is 11.5 Å². The second-order valence-corrected chi connectivity index (χ2v) is 5.32. The van der Waals surface area contributed by atoms with Crippen LogP contribution in [0, 0.1) is 0 Å². The Labute approximate surface area is 130 Å². The number of methoxy groups -OCH3 is 2. The van der Waals surface area contributed by atoms with Crippen LogP contribution < -0.4 is 14.8 Å². The fraction of sp³-hybridized carbons (Fsp3) is 0.500. The molecule has 0 heterocycles. The summed E-state index contributed by atoms with van der Waals surface area (Å²) in [6.45, 7) is 4.89. The van der Waals surface area contributed by atoms with Gasteiger partial charge < -0.3 is 19.5 Å². The summed E-state index contributed by atoms with van der Waals surface area (Å²) in [7, 11) is 3.15. The molecule has 0 radical (unpaired) electrons. The van der Waals surface area contributed by atoms with Crippen molar-refractivity contribution < 1.29 is 23.8 Å². The lowest BCUT2D eigenvalue weighted by molar-refractivity contribution is -0.132. The normalized spacial score (nSPS) is 10.8. The minimum absolute atomic E-state index is 0.206. The minimum Gasteiger partial charge on any atom is -0.493 e. The van der Waals surface area contributed by atoms with Gasteiger partial charge in [-0.3, -0.25) is 4.79 Å². The van der Waals surface area contributed by atoms with Crippen molar-refractivity contribution >= 4 is 11.9 Å². The third kappa shape index (κ3) is 4.95. The van der Waals surface area contributed by atoms with E-state index in [-0.39, 0.29) is 5.78 Å². The first-order valence-electron chi connectivity index (χ1n) is 6.99. The second-order valence-electron chi connectivity index (χ2n) is 5.32. The highest BCUT2D eigenvalue weighted by molar-refractivity contribution is 5.86. The molecule has 0 atom stereocenters. The molecule has 122 valence electrons. The maximum atomic E-state index is 11.6. The average Bonchev–Trinajstić information content (AvgIpc) is 2.46. The summed E-state index contributed by atoms with van der Waals surface area (Å²) < 4.78 is 15.5. The molecule has 1 rings (SSSR count). The molecular formula is C16H23NO5. The standard InChI is InChI=1S/C16H23NO5/c1-11(18)16(2,3)22-15(19)17-9-8-12-6-7-13(20-4)14(10-12)21-5/h6-7,10H,8-9H2,1-5H3,(H,17,19). The van der Waals surface area contributed by atoms with E-state index in [1.165, 1.54) is 6.92 Å². The first kappa shape index (κ1) is 17.8. The number of nitrogens with one attached hydrogen (secondary N) is 1. The molecule has 1 aromatic carbocycles. The number of hydrogen-bond donors (Lipinski definition) is 1. The van der Waals surface area contributed by atoms with Crippen LogP contribution in [-0.4, -0.2) is 38.2 Å². The van der Waals surface area contributed by atoms with Crippen LogP contribution in [0.5, 0.6) is 11.5 Å². The highest BCUT2D eigenvalue weighted by Crippen LogP contribution is 2.27. The molecule has 1 amide bonds.